The van der Waals surface area contributed by atoms with E-state index in [4.69, 9.17) is 4.74 Å². The standard InChI is InChI=1S/C28H30F3N7O3/c1-38-12-10-19(11-13-38)34-23-9-6-20(14-22(23)28(29,30)31)36-27(40)35-18-4-7-21(8-5-18)41-25-15-24(32-16-33-25)37-26(39)17-2-3-17/h4-9,14-17,19,34H,2-3,10-13H2,1H3,(H2,35,36,40)(H,32,33,37,39). The van der Waals surface area contributed by atoms with Gasteiger partial charge in [0, 0.05) is 35.1 Å². The normalized spacial score (nSPS) is 16.1. The number of piperidine rings is 1. The van der Waals surface area contributed by atoms with Crippen molar-refractivity contribution in [3.63, 3.8) is 0 Å². The Morgan fingerprint density at radius 2 is 1.59 bits per heavy atom. The molecule has 10 nitrogen and oxygen atoms in total. The molecular weight excluding hydrogens is 539 g/mol. The van der Waals surface area contributed by atoms with Crippen molar-refractivity contribution >= 4 is 34.8 Å². The first kappa shape index (κ1) is 28.1. The number of nitrogens with zero attached hydrogens (tertiary/aromatic N) is 3. The van der Waals surface area contributed by atoms with Gasteiger partial charge in [0.05, 0.1) is 5.56 Å². The Morgan fingerprint density at radius 1 is 0.902 bits per heavy atom. The van der Waals surface area contributed by atoms with E-state index in [1.54, 1.807) is 24.3 Å². The number of alkyl halides is 3. The molecule has 0 unspecified atom stereocenters. The van der Waals surface area contributed by atoms with Gasteiger partial charge in [0.2, 0.25) is 11.8 Å². The monoisotopic (exact) mass is 569 g/mol. The minimum absolute atomic E-state index is 0.00491. The Kier molecular flexibility index (Phi) is 8.24. The van der Waals surface area contributed by atoms with Crippen molar-refractivity contribution in [1.29, 1.82) is 0 Å². The van der Waals surface area contributed by atoms with Gasteiger partial charge >= 0.3 is 12.2 Å². The molecule has 2 fully saturated rings. The van der Waals surface area contributed by atoms with Crippen LogP contribution in [0.1, 0.15) is 31.2 Å². The molecule has 13 heteroatoms. The number of hydrogen-bond acceptors (Lipinski definition) is 7. The Labute approximate surface area is 234 Å². The number of amides is 3. The summed E-state index contributed by atoms with van der Waals surface area (Å²) in [5, 5.41) is 10.8. The molecule has 2 aromatic carbocycles. The van der Waals surface area contributed by atoms with Gasteiger partial charge in [-0.25, -0.2) is 14.8 Å². The summed E-state index contributed by atoms with van der Waals surface area (Å²) in [6.45, 7) is 1.63. The van der Waals surface area contributed by atoms with Crippen LogP contribution in [0.2, 0.25) is 0 Å². The van der Waals surface area contributed by atoms with Crippen LogP contribution >= 0.6 is 0 Å². The molecule has 216 valence electrons. The molecule has 41 heavy (non-hydrogen) atoms. The quantitative estimate of drug-likeness (QED) is 0.271. The highest BCUT2D eigenvalue weighted by molar-refractivity contribution is 6.00. The predicted molar refractivity (Wildman–Crippen MR) is 148 cm³/mol. The molecule has 1 saturated heterocycles. The second kappa shape index (κ2) is 12.0. The number of nitrogens with one attached hydrogen (secondary N) is 4. The maximum absolute atomic E-state index is 13.8. The van der Waals surface area contributed by atoms with E-state index >= 15 is 0 Å². The molecule has 0 atom stereocenters. The zero-order chi connectivity index (χ0) is 29.0. The van der Waals surface area contributed by atoms with E-state index in [2.05, 4.69) is 36.1 Å². The second-order valence-electron chi connectivity index (χ2n) is 10.2. The largest absolute Gasteiger partial charge is 0.439 e. The van der Waals surface area contributed by atoms with E-state index in [0.29, 0.717) is 17.3 Å². The molecule has 0 bridgehead atoms. The van der Waals surface area contributed by atoms with Gasteiger partial charge in [-0.1, -0.05) is 0 Å². The van der Waals surface area contributed by atoms with Crippen molar-refractivity contribution in [3.8, 4) is 11.6 Å². The number of carbonyl (C=O) groups is 2. The third kappa shape index (κ3) is 7.84. The molecule has 1 aromatic heterocycles. The first-order chi connectivity index (χ1) is 19.6. The molecule has 1 aliphatic heterocycles. The van der Waals surface area contributed by atoms with Crippen LogP contribution in [-0.2, 0) is 11.0 Å². The van der Waals surface area contributed by atoms with E-state index in [-0.39, 0.29) is 35.1 Å². The van der Waals surface area contributed by atoms with Crippen molar-refractivity contribution in [3.05, 3.63) is 60.4 Å². The number of likely N-dealkylation sites (tertiary alicyclic amines) is 1. The smallest absolute Gasteiger partial charge is 0.418 e. The fourth-order valence-corrected chi connectivity index (χ4v) is 4.41. The lowest BCUT2D eigenvalue weighted by molar-refractivity contribution is -0.137. The molecule has 1 saturated carbocycles. The zero-order valence-corrected chi connectivity index (χ0v) is 22.3. The van der Waals surface area contributed by atoms with Gasteiger partial charge in [-0.3, -0.25) is 4.79 Å². The number of halogens is 3. The third-order valence-corrected chi connectivity index (χ3v) is 6.84. The summed E-state index contributed by atoms with van der Waals surface area (Å²) in [6, 6.07) is 10.8. The summed E-state index contributed by atoms with van der Waals surface area (Å²) < 4.78 is 47.2. The van der Waals surface area contributed by atoms with Crippen LogP contribution in [0.25, 0.3) is 0 Å². The van der Waals surface area contributed by atoms with Gasteiger partial charge in [0.1, 0.15) is 17.9 Å². The summed E-state index contributed by atoms with van der Waals surface area (Å²) in [5.74, 6) is 0.915. The van der Waals surface area contributed by atoms with Crippen LogP contribution in [0.15, 0.2) is 54.9 Å². The summed E-state index contributed by atoms with van der Waals surface area (Å²) >= 11 is 0. The Bertz CT molecular complexity index is 1390. The predicted octanol–water partition coefficient (Wildman–Crippen LogP) is 5.79. The van der Waals surface area contributed by atoms with Gasteiger partial charge in [-0.05, 0) is 88.3 Å². The van der Waals surface area contributed by atoms with Crippen LogP contribution in [0.3, 0.4) is 0 Å². The van der Waals surface area contributed by atoms with Gasteiger partial charge < -0.3 is 30.9 Å². The first-order valence-electron chi connectivity index (χ1n) is 13.3. The fourth-order valence-electron chi connectivity index (χ4n) is 4.41. The van der Waals surface area contributed by atoms with E-state index in [9.17, 15) is 22.8 Å². The van der Waals surface area contributed by atoms with Crippen molar-refractivity contribution < 1.29 is 27.5 Å². The zero-order valence-electron chi connectivity index (χ0n) is 22.3. The van der Waals surface area contributed by atoms with E-state index in [1.165, 1.54) is 24.5 Å². The lowest BCUT2D eigenvalue weighted by atomic mass is 10.0. The molecule has 0 spiro atoms. The summed E-state index contributed by atoms with van der Waals surface area (Å²) in [7, 11) is 1.99. The molecule has 4 N–H and O–H groups in total. The highest BCUT2D eigenvalue weighted by atomic mass is 19.4. The average Bonchev–Trinajstić information content (AvgIpc) is 3.78. The number of anilines is 4. The summed E-state index contributed by atoms with van der Waals surface area (Å²) in [4.78, 5) is 34.7. The van der Waals surface area contributed by atoms with Crippen molar-refractivity contribution in [2.75, 3.05) is 41.4 Å². The van der Waals surface area contributed by atoms with Crippen molar-refractivity contribution in [1.82, 2.24) is 14.9 Å². The van der Waals surface area contributed by atoms with Gasteiger partial charge in [0.25, 0.3) is 0 Å². The van der Waals surface area contributed by atoms with Crippen LogP contribution in [-0.4, -0.2) is 53.0 Å². The molecular formula is C28H30F3N7O3. The van der Waals surface area contributed by atoms with Gasteiger partial charge in [-0.15, -0.1) is 0 Å². The van der Waals surface area contributed by atoms with Crippen molar-refractivity contribution in [2.24, 2.45) is 5.92 Å². The molecule has 5 rings (SSSR count). The average molecular weight is 570 g/mol. The molecule has 3 aromatic rings. The highest BCUT2D eigenvalue weighted by Crippen LogP contribution is 2.37. The molecule has 2 aliphatic rings. The molecule has 0 radical (unpaired) electrons. The topological polar surface area (TPSA) is 121 Å². The lowest BCUT2D eigenvalue weighted by Crippen LogP contribution is -2.37. The number of ether oxygens (including phenoxy) is 1. The van der Waals surface area contributed by atoms with Crippen molar-refractivity contribution in [2.45, 2.75) is 37.9 Å². The second-order valence-corrected chi connectivity index (χ2v) is 10.2. The number of aromatic nitrogens is 2. The fraction of sp³-hybridized carbons (Fsp3) is 0.357. The maximum Gasteiger partial charge on any atom is 0.418 e. The van der Waals surface area contributed by atoms with Crippen LogP contribution < -0.4 is 26.0 Å². The number of hydrogen-bond donors (Lipinski definition) is 4. The Balaban J connectivity index is 1.17. The first-order valence-corrected chi connectivity index (χ1v) is 13.3. The van der Waals surface area contributed by atoms with E-state index in [0.717, 1.165) is 44.8 Å². The lowest BCUT2D eigenvalue weighted by Gasteiger charge is -2.31. The minimum Gasteiger partial charge on any atom is -0.439 e. The summed E-state index contributed by atoms with van der Waals surface area (Å²) in [6.07, 6.45) is -0.0758. The molecule has 2 heterocycles. The number of carbonyl (C=O) groups excluding carboxylic acids is 2. The van der Waals surface area contributed by atoms with Gasteiger partial charge in [-0.2, -0.15) is 13.2 Å². The highest BCUT2D eigenvalue weighted by Gasteiger charge is 2.35. The number of rotatable bonds is 8. The number of urea groups is 1. The van der Waals surface area contributed by atoms with Crippen LogP contribution in [0.5, 0.6) is 11.6 Å². The Morgan fingerprint density at radius 3 is 2.27 bits per heavy atom. The van der Waals surface area contributed by atoms with Crippen LogP contribution in [0, 0.1) is 5.92 Å². The minimum atomic E-state index is -4.59. The van der Waals surface area contributed by atoms with Crippen LogP contribution in [0.4, 0.5) is 40.8 Å². The molecule has 1 aliphatic carbocycles. The Hall–Kier alpha value is -4.39. The number of benzene rings is 2. The van der Waals surface area contributed by atoms with Gasteiger partial charge in [0.15, 0.2) is 0 Å². The van der Waals surface area contributed by atoms with E-state index in [1.807, 2.05) is 7.05 Å². The maximum atomic E-state index is 13.8. The molecule has 3 amide bonds. The summed E-state index contributed by atoms with van der Waals surface area (Å²) in [5.41, 5.74) is -0.436. The SMILES string of the molecule is CN1CCC(Nc2ccc(NC(=O)Nc3ccc(Oc4cc(NC(=O)C5CC5)ncn4)cc3)cc2C(F)(F)F)CC1. The third-order valence-electron chi connectivity index (χ3n) is 6.84. The van der Waals surface area contributed by atoms with E-state index < -0.39 is 17.8 Å².